The highest BCUT2D eigenvalue weighted by molar-refractivity contribution is 8.01. The van der Waals surface area contributed by atoms with E-state index in [0.717, 1.165) is 52.1 Å². The van der Waals surface area contributed by atoms with Crippen LogP contribution < -0.4 is 10.2 Å². The first-order valence-corrected chi connectivity index (χ1v) is 11.4. The van der Waals surface area contributed by atoms with Crippen LogP contribution in [0.2, 0.25) is 5.02 Å². The smallest absolute Gasteiger partial charge is 0.276 e. The first kappa shape index (κ1) is 20.1. The van der Waals surface area contributed by atoms with Crippen LogP contribution in [0.15, 0.2) is 39.0 Å². The number of hydrogen-bond acceptors (Lipinski definition) is 7. The summed E-state index contributed by atoms with van der Waals surface area (Å²) < 4.78 is 1.00. The maximum Gasteiger partial charge on any atom is 0.276 e. The van der Waals surface area contributed by atoms with Gasteiger partial charge in [-0.1, -0.05) is 23.4 Å². The Morgan fingerprint density at radius 1 is 1.24 bits per heavy atom. The molecule has 0 unspecified atom stereocenters. The van der Waals surface area contributed by atoms with Gasteiger partial charge in [-0.15, -0.1) is 11.3 Å². The molecule has 0 aliphatic carbocycles. The van der Waals surface area contributed by atoms with E-state index in [2.05, 4.69) is 25.2 Å². The van der Waals surface area contributed by atoms with Crippen LogP contribution in [0.25, 0.3) is 0 Å². The third-order valence-corrected chi connectivity index (χ3v) is 6.91. The van der Waals surface area contributed by atoms with Gasteiger partial charge in [-0.3, -0.25) is 4.79 Å². The van der Waals surface area contributed by atoms with Crippen LogP contribution >= 0.6 is 34.7 Å². The molecule has 0 bridgehead atoms. The van der Waals surface area contributed by atoms with E-state index in [9.17, 15) is 4.79 Å². The number of hydrogen-bond donors (Lipinski definition) is 1. The van der Waals surface area contributed by atoms with Crippen molar-refractivity contribution >= 4 is 52.2 Å². The second kappa shape index (κ2) is 8.69. The fraction of sp³-hybridized carbons (Fsp3) is 0.300. The summed E-state index contributed by atoms with van der Waals surface area (Å²) in [5.74, 6) is 0.219. The third-order valence-electron chi connectivity index (χ3n) is 4.58. The number of aromatic nitrogens is 3. The number of anilines is 2. The zero-order valence-electron chi connectivity index (χ0n) is 16.1. The summed E-state index contributed by atoms with van der Waals surface area (Å²) in [6.45, 7) is 5.75. The molecule has 3 heterocycles. The quantitative estimate of drug-likeness (QED) is 0.581. The fourth-order valence-electron chi connectivity index (χ4n) is 3.09. The molecular weight excluding hydrogens is 426 g/mol. The molecule has 0 atom stereocenters. The molecule has 4 rings (SSSR count). The maximum atomic E-state index is 12.8. The summed E-state index contributed by atoms with van der Waals surface area (Å²) >= 11 is 9.45. The molecule has 2 aromatic heterocycles. The summed E-state index contributed by atoms with van der Waals surface area (Å²) in [6.07, 6.45) is 3.72. The summed E-state index contributed by atoms with van der Waals surface area (Å²) in [4.78, 5) is 29.1. The minimum atomic E-state index is -0.336. The van der Waals surface area contributed by atoms with E-state index in [0.29, 0.717) is 5.95 Å². The van der Waals surface area contributed by atoms with E-state index in [4.69, 9.17) is 11.6 Å². The second-order valence-corrected chi connectivity index (χ2v) is 9.43. The van der Waals surface area contributed by atoms with Crippen molar-refractivity contribution in [2.75, 3.05) is 23.3 Å². The number of carbonyl (C=O) groups excluding carboxylic acids is 1. The zero-order valence-corrected chi connectivity index (χ0v) is 18.5. The highest BCUT2D eigenvalue weighted by Gasteiger charge is 2.20. The SMILES string of the molecule is Cc1csc(Sc2ccc(NC(=O)c3nc(N4CCCC4)ncc3Cl)c(C)c2)n1. The van der Waals surface area contributed by atoms with Crippen LogP contribution in [-0.2, 0) is 0 Å². The number of nitrogens with zero attached hydrogens (tertiary/aromatic N) is 4. The molecule has 1 aliphatic heterocycles. The lowest BCUT2D eigenvalue weighted by atomic mass is 10.2. The predicted molar refractivity (Wildman–Crippen MR) is 119 cm³/mol. The van der Waals surface area contributed by atoms with Crippen molar-refractivity contribution in [3.63, 3.8) is 0 Å². The Bertz CT molecular complexity index is 1050. The van der Waals surface area contributed by atoms with Gasteiger partial charge in [-0.2, -0.15) is 0 Å². The van der Waals surface area contributed by atoms with Crippen molar-refractivity contribution < 1.29 is 4.79 Å². The molecule has 0 spiro atoms. The molecule has 0 radical (unpaired) electrons. The van der Waals surface area contributed by atoms with Crippen LogP contribution in [0.5, 0.6) is 0 Å². The minimum Gasteiger partial charge on any atom is -0.341 e. The minimum absolute atomic E-state index is 0.194. The lowest BCUT2D eigenvalue weighted by molar-refractivity contribution is 0.102. The van der Waals surface area contributed by atoms with E-state index in [-0.39, 0.29) is 16.6 Å². The number of aryl methyl sites for hydroxylation is 2. The van der Waals surface area contributed by atoms with E-state index in [1.165, 1.54) is 6.20 Å². The Morgan fingerprint density at radius 3 is 2.72 bits per heavy atom. The Hall–Kier alpha value is -2.16. The molecule has 1 amide bonds. The largest absolute Gasteiger partial charge is 0.341 e. The first-order valence-electron chi connectivity index (χ1n) is 9.29. The van der Waals surface area contributed by atoms with Gasteiger partial charge in [0.05, 0.1) is 11.2 Å². The van der Waals surface area contributed by atoms with Gasteiger partial charge in [-0.05, 0) is 50.5 Å². The molecule has 29 heavy (non-hydrogen) atoms. The highest BCUT2D eigenvalue weighted by atomic mass is 35.5. The number of thiazole rings is 1. The van der Waals surface area contributed by atoms with Crippen molar-refractivity contribution in [3.05, 3.63) is 51.7 Å². The number of carbonyl (C=O) groups is 1. The number of rotatable bonds is 5. The molecule has 0 saturated carbocycles. The summed E-state index contributed by atoms with van der Waals surface area (Å²) in [7, 11) is 0. The Balaban J connectivity index is 1.50. The van der Waals surface area contributed by atoms with Gasteiger partial charge in [0.25, 0.3) is 5.91 Å². The third kappa shape index (κ3) is 4.71. The normalized spacial score (nSPS) is 13.7. The van der Waals surface area contributed by atoms with Gasteiger partial charge in [0.1, 0.15) is 0 Å². The molecule has 3 aromatic rings. The van der Waals surface area contributed by atoms with Crippen molar-refractivity contribution in [1.82, 2.24) is 15.0 Å². The number of halogens is 1. The van der Waals surface area contributed by atoms with Gasteiger partial charge in [0.2, 0.25) is 5.95 Å². The lowest BCUT2D eigenvalue weighted by Crippen LogP contribution is -2.23. The van der Waals surface area contributed by atoms with Gasteiger partial charge in [-0.25, -0.2) is 15.0 Å². The first-order chi connectivity index (χ1) is 14.0. The monoisotopic (exact) mass is 445 g/mol. The average Bonchev–Trinajstić information content (AvgIpc) is 3.36. The van der Waals surface area contributed by atoms with Crippen molar-refractivity contribution in [2.45, 2.75) is 35.9 Å². The van der Waals surface area contributed by atoms with E-state index >= 15 is 0 Å². The predicted octanol–water partition coefficient (Wildman–Crippen LogP) is 5.21. The molecule has 1 saturated heterocycles. The van der Waals surface area contributed by atoms with Crippen LogP contribution in [0.3, 0.4) is 0 Å². The van der Waals surface area contributed by atoms with E-state index < -0.39 is 0 Å². The molecule has 9 heteroatoms. The van der Waals surface area contributed by atoms with Crippen LogP contribution in [0, 0.1) is 13.8 Å². The Morgan fingerprint density at radius 2 is 2.03 bits per heavy atom. The van der Waals surface area contributed by atoms with Crippen molar-refractivity contribution in [3.8, 4) is 0 Å². The maximum absolute atomic E-state index is 12.8. The number of amides is 1. The fourth-order valence-corrected chi connectivity index (χ4v) is 5.17. The molecular formula is C20H20ClN5OS2. The molecule has 1 fully saturated rings. The van der Waals surface area contributed by atoms with Crippen LogP contribution in [0.4, 0.5) is 11.6 Å². The van der Waals surface area contributed by atoms with E-state index in [1.807, 2.05) is 37.4 Å². The Labute approximate surface area is 182 Å². The van der Waals surface area contributed by atoms with Crippen molar-refractivity contribution in [1.29, 1.82) is 0 Å². The summed E-state index contributed by atoms with van der Waals surface area (Å²) in [6, 6.07) is 5.90. The number of benzene rings is 1. The highest BCUT2D eigenvalue weighted by Crippen LogP contribution is 2.32. The lowest BCUT2D eigenvalue weighted by Gasteiger charge is -2.16. The van der Waals surface area contributed by atoms with Crippen LogP contribution in [-0.4, -0.2) is 33.9 Å². The molecule has 1 aromatic carbocycles. The average molecular weight is 446 g/mol. The molecule has 1 aliphatic rings. The van der Waals surface area contributed by atoms with E-state index in [1.54, 1.807) is 23.1 Å². The molecule has 1 N–H and O–H groups in total. The zero-order chi connectivity index (χ0) is 20.4. The van der Waals surface area contributed by atoms with Crippen LogP contribution in [0.1, 0.15) is 34.6 Å². The topological polar surface area (TPSA) is 71.0 Å². The van der Waals surface area contributed by atoms with Gasteiger partial charge in [0, 0.05) is 34.7 Å². The summed E-state index contributed by atoms with van der Waals surface area (Å²) in [5, 5.41) is 5.20. The molecule has 6 nitrogen and oxygen atoms in total. The second-order valence-electron chi connectivity index (χ2n) is 6.85. The Kier molecular flexibility index (Phi) is 6.03. The standard InChI is InChI=1S/C20H20ClN5OS2/c1-12-9-14(29-20-23-13(2)11-28-20)5-6-16(12)24-18(27)17-15(21)10-22-19(25-17)26-7-3-4-8-26/h5-6,9-11H,3-4,7-8H2,1-2H3,(H,24,27). The van der Waals surface area contributed by atoms with Crippen molar-refractivity contribution in [2.24, 2.45) is 0 Å². The number of nitrogens with one attached hydrogen (secondary N) is 1. The van der Waals surface area contributed by atoms with Gasteiger partial charge >= 0.3 is 0 Å². The van der Waals surface area contributed by atoms with Gasteiger partial charge < -0.3 is 10.2 Å². The molecule has 150 valence electrons. The van der Waals surface area contributed by atoms with Gasteiger partial charge in [0.15, 0.2) is 10.0 Å². The summed E-state index contributed by atoms with van der Waals surface area (Å²) in [5.41, 5.74) is 2.90.